The average molecular weight is 204 g/mol. The maximum absolute atomic E-state index is 5.12. The summed E-state index contributed by atoms with van der Waals surface area (Å²) >= 11 is 5.12. The van der Waals surface area contributed by atoms with Gasteiger partial charge >= 0.3 is 0 Å². The van der Waals surface area contributed by atoms with Crippen molar-refractivity contribution in [2.24, 2.45) is 0 Å². The molecule has 0 fully saturated rings. The van der Waals surface area contributed by atoms with Gasteiger partial charge in [0.2, 0.25) is 0 Å². The van der Waals surface area contributed by atoms with Crippen molar-refractivity contribution in [2.75, 3.05) is 0 Å². The van der Waals surface area contributed by atoms with Crippen molar-refractivity contribution in [2.45, 2.75) is 13.5 Å². The first-order valence-corrected chi connectivity index (χ1v) is 4.96. The lowest BCUT2D eigenvalue weighted by Crippen LogP contribution is -1.98. The Bertz CT molecular complexity index is 482. The molecule has 0 atom stereocenters. The maximum atomic E-state index is 5.12. The second-order valence-electron chi connectivity index (χ2n) is 3.38. The Morgan fingerprint density at radius 1 is 1.43 bits per heavy atom. The molecule has 0 bridgehead atoms. The van der Waals surface area contributed by atoms with Crippen molar-refractivity contribution in [3.05, 3.63) is 52.6 Å². The smallest absolute Gasteiger partial charge is 0.177 e. The number of nitrogens with one attached hydrogen (secondary N) is 1. The molecule has 1 N–H and O–H groups in total. The fourth-order valence-electron chi connectivity index (χ4n) is 1.48. The van der Waals surface area contributed by atoms with Gasteiger partial charge in [0.15, 0.2) is 4.77 Å². The van der Waals surface area contributed by atoms with Crippen LogP contribution >= 0.6 is 12.2 Å². The van der Waals surface area contributed by atoms with Crippen LogP contribution < -0.4 is 0 Å². The average Bonchev–Trinajstić information content (AvgIpc) is 2.52. The van der Waals surface area contributed by atoms with Crippen LogP contribution in [0.25, 0.3) is 0 Å². The number of hydrogen-bond donors (Lipinski definition) is 1. The van der Waals surface area contributed by atoms with E-state index in [0.29, 0.717) is 0 Å². The summed E-state index contributed by atoms with van der Waals surface area (Å²) in [7, 11) is 0. The van der Waals surface area contributed by atoms with Gasteiger partial charge in [-0.15, -0.1) is 0 Å². The first-order chi connectivity index (χ1) is 6.75. The second kappa shape index (κ2) is 3.80. The van der Waals surface area contributed by atoms with Gasteiger partial charge in [0.1, 0.15) is 0 Å². The van der Waals surface area contributed by atoms with E-state index in [1.807, 2.05) is 17.0 Å². The monoisotopic (exact) mass is 204 g/mol. The summed E-state index contributed by atoms with van der Waals surface area (Å²) in [5, 5.41) is 0. The molecule has 0 unspecified atom stereocenters. The van der Waals surface area contributed by atoms with E-state index < -0.39 is 0 Å². The zero-order chi connectivity index (χ0) is 9.97. The standard InChI is InChI=1S/C11H12N2S/c1-9-3-2-4-10(7-9)8-13-6-5-12-11(13)14/h2-7H,8H2,1H3,(H,12,14). The molecule has 2 rings (SSSR count). The molecule has 2 nitrogen and oxygen atoms in total. The van der Waals surface area contributed by atoms with Crippen LogP contribution in [0.4, 0.5) is 0 Å². The van der Waals surface area contributed by atoms with Crippen LogP contribution in [-0.2, 0) is 6.54 Å². The highest BCUT2D eigenvalue weighted by Gasteiger charge is 1.95. The van der Waals surface area contributed by atoms with Gasteiger partial charge in [-0.3, -0.25) is 0 Å². The van der Waals surface area contributed by atoms with Crippen molar-refractivity contribution in [3.8, 4) is 0 Å². The van der Waals surface area contributed by atoms with Crippen LogP contribution in [0.1, 0.15) is 11.1 Å². The van der Waals surface area contributed by atoms with Crippen molar-refractivity contribution >= 4 is 12.2 Å². The van der Waals surface area contributed by atoms with Crippen LogP contribution in [-0.4, -0.2) is 9.55 Å². The molecule has 1 heterocycles. The number of hydrogen-bond acceptors (Lipinski definition) is 1. The fourth-order valence-corrected chi connectivity index (χ4v) is 1.67. The molecule has 72 valence electrons. The largest absolute Gasteiger partial charge is 0.337 e. The van der Waals surface area contributed by atoms with Gasteiger partial charge < -0.3 is 9.55 Å². The van der Waals surface area contributed by atoms with E-state index >= 15 is 0 Å². The summed E-state index contributed by atoms with van der Waals surface area (Å²) in [6.45, 7) is 2.93. The topological polar surface area (TPSA) is 20.7 Å². The first-order valence-electron chi connectivity index (χ1n) is 4.55. The highest BCUT2D eigenvalue weighted by atomic mass is 32.1. The molecule has 0 spiro atoms. The summed E-state index contributed by atoms with van der Waals surface area (Å²) in [6.07, 6.45) is 3.82. The minimum absolute atomic E-state index is 0.770. The SMILES string of the molecule is Cc1cccc(Cn2cc[nH]c2=S)c1. The molecule has 0 radical (unpaired) electrons. The zero-order valence-electron chi connectivity index (χ0n) is 8.03. The lowest BCUT2D eigenvalue weighted by atomic mass is 10.1. The molecule has 2 aromatic rings. The van der Waals surface area contributed by atoms with Crippen LogP contribution in [0, 0.1) is 11.7 Å². The highest BCUT2D eigenvalue weighted by molar-refractivity contribution is 7.71. The molecule has 0 aliphatic carbocycles. The Balaban J connectivity index is 2.27. The molecule has 0 saturated heterocycles. The van der Waals surface area contributed by atoms with Crippen LogP contribution in [0.3, 0.4) is 0 Å². The number of rotatable bonds is 2. The predicted molar refractivity (Wildman–Crippen MR) is 59.9 cm³/mol. The number of imidazole rings is 1. The minimum atomic E-state index is 0.770. The third kappa shape index (κ3) is 1.93. The molecule has 1 aromatic carbocycles. The van der Waals surface area contributed by atoms with E-state index in [4.69, 9.17) is 12.2 Å². The third-order valence-electron chi connectivity index (χ3n) is 2.16. The molecule has 0 aliphatic heterocycles. The fraction of sp³-hybridized carbons (Fsp3) is 0.182. The maximum Gasteiger partial charge on any atom is 0.177 e. The Kier molecular flexibility index (Phi) is 2.50. The number of aromatic nitrogens is 2. The van der Waals surface area contributed by atoms with E-state index in [0.717, 1.165) is 11.3 Å². The summed E-state index contributed by atoms with van der Waals surface area (Å²) < 4.78 is 2.79. The van der Waals surface area contributed by atoms with Gasteiger partial charge in [0.05, 0.1) is 0 Å². The van der Waals surface area contributed by atoms with Crippen LogP contribution in [0.5, 0.6) is 0 Å². The van der Waals surface area contributed by atoms with Crippen molar-refractivity contribution in [3.63, 3.8) is 0 Å². The van der Waals surface area contributed by atoms with Gasteiger partial charge in [-0.05, 0) is 24.7 Å². The number of nitrogens with zero attached hydrogens (tertiary/aromatic N) is 1. The van der Waals surface area contributed by atoms with Crippen LogP contribution in [0.15, 0.2) is 36.7 Å². The lowest BCUT2D eigenvalue weighted by Gasteiger charge is -2.03. The lowest BCUT2D eigenvalue weighted by molar-refractivity contribution is 0.783. The van der Waals surface area contributed by atoms with Crippen molar-refractivity contribution in [1.29, 1.82) is 0 Å². The van der Waals surface area contributed by atoms with Gasteiger partial charge in [-0.1, -0.05) is 29.8 Å². The molecule has 3 heteroatoms. The van der Waals surface area contributed by atoms with E-state index in [-0.39, 0.29) is 0 Å². The summed E-state index contributed by atoms with van der Waals surface area (Å²) in [6, 6.07) is 8.46. The van der Waals surface area contributed by atoms with E-state index in [2.05, 4.69) is 36.2 Å². The number of aryl methyl sites for hydroxylation is 1. The highest BCUT2D eigenvalue weighted by Crippen LogP contribution is 2.06. The van der Waals surface area contributed by atoms with Crippen LogP contribution in [0.2, 0.25) is 0 Å². The molecular weight excluding hydrogens is 192 g/mol. The van der Waals surface area contributed by atoms with Gasteiger partial charge in [0, 0.05) is 18.9 Å². The number of H-pyrrole nitrogens is 1. The van der Waals surface area contributed by atoms with Gasteiger partial charge in [0.25, 0.3) is 0 Å². The summed E-state index contributed by atoms with van der Waals surface area (Å²) in [5.41, 5.74) is 2.56. The van der Waals surface area contributed by atoms with E-state index in [1.54, 1.807) is 0 Å². The normalized spacial score (nSPS) is 10.4. The Hall–Kier alpha value is -1.35. The predicted octanol–water partition coefficient (Wildman–Crippen LogP) is 2.90. The molecule has 0 amide bonds. The molecule has 1 aromatic heterocycles. The van der Waals surface area contributed by atoms with E-state index in [9.17, 15) is 0 Å². The third-order valence-corrected chi connectivity index (χ3v) is 2.51. The number of benzene rings is 1. The van der Waals surface area contributed by atoms with Gasteiger partial charge in [-0.2, -0.15) is 0 Å². The number of aromatic amines is 1. The molecule has 14 heavy (non-hydrogen) atoms. The molecule has 0 aliphatic rings. The Morgan fingerprint density at radius 3 is 2.93 bits per heavy atom. The van der Waals surface area contributed by atoms with E-state index in [1.165, 1.54) is 11.1 Å². The Morgan fingerprint density at radius 2 is 2.29 bits per heavy atom. The van der Waals surface area contributed by atoms with Crippen molar-refractivity contribution < 1.29 is 0 Å². The van der Waals surface area contributed by atoms with Gasteiger partial charge in [-0.25, -0.2) is 0 Å². The van der Waals surface area contributed by atoms with Crippen molar-refractivity contribution in [1.82, 2.24) is 9.55 Å². The second-order valence-corrected chi connectivity index (χ2v) is 3.77. The summed E-state index contributed by atoms with van der Waals surface area (Å²) in [5.74, 6) is 0. The molecular formula is C11H12N2S. The quantitative estimate of drug-likeness (QED) is 0.746. The minimum Gasteiger partial charge on any atom is -0.337 e. The Labute approximate surface area is 88.2 Å². The molecule has 0 saturated carbocycles. The summed E-state index contributed by atoms with van der Waals surface area (Å²) in [4.78, 5) is 2.98. The first kappa shape index (κ1) is 9.21. The zero-order valence-corrected chi connectivity index (χ0v) is 8.84.